The van der Waals surface area contributed by atoms with Crippen molar-refractivity contribution < 1.29 is 24.2 Å². The second-order valence-corrected chi connectivity index (χ2v) is 5.67. The molecule has 0 radical (unpaired) electrons. The first-order valence-corrected chi connectivity index (χ1v) is 7.76. The van der Waals surface area contributed by atoms with Gasteiger partial charge < -0.3 is 19.5 Å². The minimum Gasteiger partial charge on any atom is -0.497 e. The van der Waals surface area contributed by atoms with Crippen LogP contribution < -0.4 is 9.47 Å². The van der Waals surface area contributed by atoms with Crippen molar-refractivity contribution in [3.8, 4) is 11.5 Å². The minimum absolute atomic E-state index is 0.0544. The number of hydrogen-bond donors (Lipinski definition) is 1. The molecule has 0 atom stereocenters. The van der Waals surface area contributed by atoms with E-state index in [9.17, 15) is 9.59 Å². The van der Waals surface area contributed by atoms with Gasteiger partial charge in [0.1, 0.15) is 11.5 Å². The number of carbonyl (C=O) groups is 2. The van der Waals surface area contributed by atoms with Gasteiger partial charge in [-0.1, -0.05) is 0 Å². The fourth-order valence-corrected chi connectivity index (χ4v) is 2.85. The van der Waals surface area contributed by atoms with Crippen LogP contribution in [0.1, 0.15) is 24.8 Å². The average Bonchev–Trinajstić information content (AvgIpc) is 2.59. The number of amides is 1. The summed E-state index contributed by atoms with van der Waals surface area (Å²) in [6.45, 7) is 1.04. The standard InChI is InChI=1S/C17H23NO5/c1-22-14-4-5-15(23-2)13(11-14)3-6-16(19)18-9-7-12(8-10-18)17(20)21/h4-5,11-12H,3,6-10H2,1-2H3,(H,20,21). The van der Waals surface area contributed by atoms with Gasteiger partial charge in [0, 0.05) is 19.5 Å². The molecule has 0 bridgehead atoms. The molecule has 0 spiro atoms. The van der Waals surface area contributed by atoms with Crippen LogP contribution in [0.4, 0.5) is 0 Å². The maximum Gasteiger partial charge on any atom is 0.306 e. The summed E-state index contributed by atoms with van der Waals surface area (Å²) >= 11 is 0. The number of ether oxygens (including phenoxy) is 2. The van der Waals surface area contributed by atoms with E-state index in [0.29, 0.717) is 38.8 Å². The highest BCUT2D eigenvalue weighted by molar-refractivity contribution is 5.77. The molecule has 0 unspecified atom stereocenters. The van der Waals surface area contributed by atoms with E-state index in [0.717, 1.165) is 17.1 Å². The Bertz CT molecular complexity index is 564. The Hall–Kier alpha value is -2.24. The molecule has 1 saturated heterocycles. The largest absolute Gasteiger partial charge is 0.497 e. The summed E-state index contributed by atoms with van der Waals surface area (Å²) in [5.41, 5.74) is 0.931. The molecule has 1 N–H and O–H groups in total. The van der Waals surface area contributed by atoms with Gasteiger partial charge in [-0.25, -0.2) is 0 Å². The number of methoxy groups -OCH3 is 2. The summed E-state index contributed by atoms with van der Waals surface area (Å²) in [6.07, 6.45) is 2.01. The smallest absolute Gasteiger partial charge is 0.306 e. The third kappa shape index (κ3) is 4.37. The monoisotopic (exact) mass is 321 g/mol. The van der Waals surface area contributed by atoms with Crippen LogP contribution in [-0.2, 0) is 16.0 Å². The zero-order valence-electron chi connectivity index (χ0n) is 13.6. The van der Waals surface area contributed by atoms with Crippen molar-refractivity contribution in [2.24, 2.45) is 5.92 Å². The van der Waals surface area contributed by atoms with Crippen LogP contribution in [0.2, 0.25) is 0 Å². The predicted molar refractivity (Wildman–Crippen MR) is 84.8 cm³/mol. The van der Waals surface area contributed by atoms with E-state index in [-0.39, 0.29) is 11.8 Å². The number of carbonyl (C=O) groups excluding carboxylic acids is 1. The lowest BCUT2D eigenvalue weighted by Crippen LogP contribution is -2.40. The third-order valence-corrected chi connectivity index (χ3v) is 4.29. The van der Waals surface area contributed by atoms with E-state index < -0.39 is 5.97 Å². The van der Waals surface area contributed by atoms with E-state index >= 15 is 0 Å². The number of carboxylic acid groups (broad SMARTS) is 1. The van der Waals surface area contributed by atoms with Crippen LogP contribution in [0.25, 0.3) is 0 Å². The first-order valence-electron chi connectivity index (χ1n) is 7.76. The van der Waals surface area contributed by atoms with E-state index in [1.54, 1.807) is 19.1 Å². The Morgan fingerprint density at radius 2 is 1.91 bits per heavy atom. The minimum atomic E-state index is -0.766. The number of piperidine rings is 1. The first-order chi connectivity index (χ1) is 11.0. The molecule has 1 aromatic carbocycles. The molecule has 1 heterocycles. The average molecular weight is 321 g/mol. The van der Waals surface area contributed by atoms with E-state index in [1.807, 2.05) is 18.2 Å². The molecule has 0 aliphatic carbocycles. The third-order valence-electron chi connectivity index (χ3n) is 4.29. The Balaban J connectivity index is 1.91. The molecule has 6 heteroatoms. The number of rotatable bonds is 6. The first kappa shape index (κ1) is 17.1. The Morgan fingerprint density at radius 3 is 2.48 bits per heavy atom. The van der Waals surface area contributed by atoms with Gasteiger partial charge in [0.2, 0.25) is 5.91 Å². The molecular weight excluding hydrogens is 298 g/mol. The number of benzene rings is 1. The lowest BCUT2D eigenvalue weighted by Gasteiger charge is -2.30. The summed E-state index contributed by atoms with van der Waals surface area (Å²) < 4.78 is 10.5. The predicted octanol–water partition coefficient (Wildman–Crippen LogP) is 1.96. The number of likely N-dealkylation sites (tertiary alicyclic amines) is 1. The highest BCUT2D eigenvalue weighted by Crippen LogP contribution is 2.26. The normalized spacial score (nSPS) is 15.3. The molecule has 2 rings (SSSR count). The molecular formula is C17H23NO5. The van der Waals surface area contributed by atoms with Crippen LogP contribution in [-0.4, -0.2) is 49.2 Å². The van der Waals surface area contributed by atoms with Crippen molar-refractivity contribution in [3.05, 3.63) is 23.8 Å². The molecule has 1 aliphatic heterocycles. The molecule has 0 aromatic heterocycles. The summed E-state index contributed by atoms with van der Waals surface area (Å²) in [6, 6.07) is 5.53. The Labute approximate surface area is 136 Å². The Kier molecular flexibility index (Phi) is 5.84. The van der Waals surface area contributed by atoms with Crippen molar-refractivity contribution in [3.63, 3.8) is 0 Å². The van der Waals surface area contributed by atoms with Crippen molar-refractivity contribution in [1.29, 1.82) is 0 Å². The van der Waals surface area contributed by atoms with Crippen LogP contribution in [0.15, 0.2) is 18.2 Å². The number of aryl methyl sites for hydroxylation is 1. The van der Waals surface area contributed by atoms with E-state index in [2.05, 4.69) is 0 Å². The van der Waals surface area contributed by atoms with E-state index in [1.165, 1.54) is 0 Å². The fourth-order valence-electron chi connectivity index (χ4n) is 2.85. The fraction of sp³-hybridized carbons (Fsp3) is 0.529. The zero-order chi connectivity index (χ0) is 16.8. The molecule has 1 fully saturated rings. The molecule has 0 saturated carbocycles. The van der Waals surface area contributed by atoms with Gasteiger partial charge in [0.05, 0.1) is 20.1 Å². The van der Waals surface area contributed by atoms with Crippen LogP contribution in [0.3, 0.4) is 0 Å². The quantitative estimate of drug-likeness (QED) is 0.867. The number of hydrogen-bond acceptors (Lipinski definition) is 4. The van der Waals surface area contributed by atoms with Crippen molar-refractivity contribution in [2.75, 3.05) is 27.3 Å². The van der Waals surface area contributed by atoms with Gasteiger partial charge in [-0.3, -0.25) is 9.59 Å². The summed E-state index contributed by atoms with van der Waals surface area (Å²) in [5.74, 6) is 0.438. The lowest BCUT2D eigenvalue weighted by molar-refractivity contribution is -0.145. The number of carboxylic acids is 1. The van der Waals surface area contributed by atoms with Crippen LogP contribution in [0, 0.1) is 5.92 Å². The summed E-state index contributed by atoms with van der Waals surface area (Å²) in [7, 11) is 3.20. The molecule has 126 valence electrons. The summed E-state index contributed by atoms with van der Waals surface area (Å²) in [5, 5.41) is 8.99. The van der Waals surface area contributed by atoms with Gasteiger partial charge in [-0.05, 0) is 43.0 Å². The number of aliphatic carboxylic acids is 1. The van der Waals surface area contributed by atoms with Crippen molar-refractivity contribution >= 4 is 11.9 Å². The number of nitrogens with zero attached hydrogens (tertiary/aromatic N) is 1. The van der Waals surface area contributed by atoms with Crippen LogP contribution >= 0.6 is 0 Å². The molecule has 1 amide bonds. The van der Waals surface area contributed by atoms with E-state index in [4.69, 9.17) is 14.6 Å². The lowest BCUT2D eigenvalue weighted by atomic mass is 9.96. The van der Waals surface area contributed by atoms with Gasteiger partial charge in [0.15, 0.2) is 0 Å². The van der Waals surface area contributed by atoms with Gasteiger partial charge in [0.25, 0.3) is 0 Å². The maximum absolute atomic E-state index is 12.3. The molecule has 1 aliphatic rings. The summed E-state index contributed by atoms with van der Waals surface area (Å²) in [4.78, 5) is 25.0. The molecule has 23 heavy (non-hydrogen) atoms. The van der Waals surface area contributed by atoms with Crippen molar-refractivity contribution in [1.82, 2.24) is 4.90 Å². The van der Waals surface area contributed by atoms with Gasteiger partial charge in [-0.15, -0.1) is 0 Å². The molecule has 1 aromatic rings. The van der Waals surface area contributed by atoms with Crippen molar-refractivity contribution in [2.45, 2.75) is 25.7 Å². The van der Waals surface area contributed by atoms with Gasteiger partial charge >= 0.3 is 5.97 Å². The second-order valence-electron chi connectivity index (χ2n) is 5.67. The molecule has 6 nitrogen and oxygen atoms in total. The maximum atomic E-state index is 12.3. The SMILES string of the molecule is COc1ccc(OC)c(CCC(=O)N2CCC(C(=O)O)CC2)c1. The highest BCUT2D eigenvalue weighted by atomic mass is 16.5. The highest BCUT2D eigenvalue weighted by Gasteiger charge is 2.26. The van der Waals surface area contributed by atoms with Gasteiger partial charge in [-0.2, -0.15) is 0 Å². The topological polar surface area (TPSA) is 76.1 Å². The Morgan fingerprint density at radius 1 is 1.22 bits per heavy atom. The van der Waals surface area contributed by atoms with Crippen LogP contribution in [0.5, 0.6) is 11.5 Å². The second kappa shape index (κ2) is 7.85. The zero-order valence-corrected chi connectivity index (χ0v) is 13.6.